The lowest BCUT2D eigenvalue weighted by Gasteiger charge is -2.17. The van der Waals surface area contributed by atoms with Gasteiger partial charge in [-0.25, -0.2) is 0 Å². The second-order valence-electron chi connectivity index (χ2n) is 3.59. The van der Waals surface area contributed by atoms with Crippen LogP contribution in [0.3, 0.4) is 0 Å². The first-order chi connectivity index (χ1) is 6.31. The monoisotopic (exact) mass is 231 g/mol. The fraction of sp³-hybridized carbons (Fsp3) is 1.00. The smallest absolute Gasteiger partial charge is 0.306 e. The number of hydrogen-bond donors (Lipinski definition) is 0. The fourth-order valence-electron chi connectivity index (χ4n) is 1.06. The van der Waals surface area contributed by atoms with Crippen molar-refractivity contribution in [1.29, 1.82) is 0 Å². The van der Waals surface area contributed by atoms with Gasteiger partial charge in [0.05, 0.1) is 0 Å². The van der Waals surface area contributed by atoms with Crippen LogP contribution in [0.2, 0.25) is 0 Å². The summed E-state index contributed by atoms with van der Waals surface area (Å²) in [6.07, 6.45) is -3.75. The Morgan fingerprint density at radius 2 is 1.86 bits per heavy atom. The molecule has 0 aromatic carbocycles. The highest BCUT2D eigenvalue weighted by molar-refractivity contribution is 6.20. The van der Waals surface area contributed by atoms with Crippen LogP contribution in [-0.4, -0.2) is 36.6 Å². The molecule has 0 aliphatic carbocycles. The third kappa shape index (κ3) is 10.1. The van der Waals surface area contributed by atoms with Crippen molar-refractivity contribution >= 4 is 11.6 Å². The van der Waals surface area contributed by atoms with Crippen LogP contribution in [-0.2, 0) is 0 Å². The highest BCUT2D eigenvalue weighted by Crippen LogP contribution is 2.21. The normalized spacial score (nSPS) is 14.8. The third-order valence-electron chi connectivity index (χ3n) is 1.91. The highest BCUT2D eigenvalue weighted by Gasteiger charge is 2.26. The van der Waals surface area contributed by atoms with Gasteiger partial charge in [0.15, 0.2) is 0 Å². The molecule has 1 atom stereocenters. The average Bonchev–Trinajstić information content (AvgIpc) is 1.98. The van der Waals surface area contributed by atoms with Gasteiger partial charge in [0.25, 0.3) is 0 Å². The lowest BCUT2D eigenvalue weighted by atomic mass is 10.2. The number of alkyl halides is 4. The van der Waals surface area contributed by atoms with Crippen LogP contribution in [0.5, 0.6) is 0 Å². The van der Waals surface area contributed by atoms with Gasteiger partial charge in [-0.1, -0.05) is 0 Å². The van der Waals surface area contributed by atoms with Gasteiger partial charge in [-0.05, 0) is 39.9 Å². The summed E-state index contributed by atoms with van der Waals surface area (Å²) < 4.78 is 35.3. The summed E-state index contributed by atoms with van der Waals surface area (Å²) in [6, 6.07) is 0. The molecule has 0 rings (SSSR count). The second-order valence-corrected chi connectivity index (χ2v) is 4.34. The van der Waals surface area contributed by atoms with Crippen LogP contribution in [0.25, 0.3) is 0 Å². The Bertz CT molecular complexity index is 147. The first-order valence-electron chi connectivity index (χ1n) is 4.70. The van der Waals surface area contributed by atoms with E-state index in [0.717, 1.165) is 13.0 Å². The molecule has 0 fully saturated rings. The predicted octanol–water partition coefficient (Wildman–Crippen LogP) is 3.28. The lowest BCUT2D eigenvalue weighted by molar-refractivity contribution is -0.136. The Labute approximate surface area is 88.2 Å². The maximum atomic E-state index is 11.8. The Kier molecular flexibility index (Phi) is 6.53. The summed E-state index contributed by atoms with van der Waals surface area (Å²) >= 11 is 5.72. The topological polar surface area (TPSA) is 3.24 Å². The maximum Gasteiger partial charge on any atom is 0.389 e. The van der Waals surface area contributed by atoms with Crippen molar-refractivity contribution in [2.75, 3.05) is 20.1 Å². The standard InChI is InChI=1S/C9H17ClF3N/c1-8(10)4-7-14(2)6-3-5-9(11,12)13/h8H,3-7H2,1-2H3. The molecule has 0 aliphatic heterocycles. The van der Waals surface area contributed by atoms with Crippen molar-refractivity contribution in [1.82, 2.24) is 4.90 Å². The zero-order valence-electron chi connectivity index (χ0n) is 8.57. The van der Waals surface area contributed by atoms with Crippen LogP contribution in [0.1, 0.15) is 26.2 Å². The van der Waals surface area contributed by atoms with Crippen LogP contribution in [0, 0.1) is 0 Å². The number of rotatable bonds is 6. The van der Waals surface area contributed by atoms with Gasteiger partial charge in [-0.2, -0.15) is 13.2 Å². The molecule has 0 N–H and O–H groups in total. The minimum atomic E-state index is -4.03. The summed E-state index contributed by atoms with van der Waals surface area (Å²) in [5, 5.41) is 0.0834. The van der Waals surface area contributed by atoms with Gasteiger partial charge in [-0.3, -0.25) is 0 Å². The van der Waals surface area contributed by atoms with Crippen LogP contribution in [0.4, 0.5) is 13.2 Å². The van der Waals surface area contributed by atoms with Crippen molar-refractivity contribution in [2.24, 2.45) is 0 Å². The molecule has 0 saturated carbocycles. The van der Waals surface area contributed by atoms with Crippen molar-refractivity contribution < 1.29 is 13.2 Å². The molecule has 86 valence electrons. The van der Waals surface area contributed by atoms with Crippen LogP contribution < -0.4 is 0 Å². The Hall–Kier alpha value is 0.0400. The van der Waals surface area contributed by atoms with E-state index in [-0.39, 0.29) is 11.8 Å². The van der Waals surface area contributed by atoms with Gasteiger partial charge in [0, 0.05) is 11.8 Å². The van der Waals surface area contributed by atoms with E-state index in [9.17, 15) is 13.2 Å². The highest BCUT2D eigenvalue weighted by atomic mass is 35.5. The summed E-state index contributed by atoms with van der Waals surface area (Å²) in [4.78, 5) is 1.88. The van der Waals surface area contributed by atoms with Crippen LogP contribution >= 0.6 is 11.6 Å². The van der Waals surface area contributed by atoms with E-state index in [4.69, 9.17) is 11.6 Å². The molecule has 0 aliphatic rings. The van der Waals surface area contributed by atoms with Crippen molar-refractivity contribution in [3.8, 4) is 0 Å². The molecule has 0 radical (unpaired) electrons. The van der Waals surface area contributed by atoms with Crippen molar-refractivity contribution in [3.05, 3.63) is 0 Å². The second kappa shape index (κ2) is 6.51. The molecule has 0 saturated heterocycles. The van der Waals surface area contributed by atoms with Crippen molar-refractivity contribution in [2.45, 2.75) is 37.7 Å². The fourth-order valence-corrected chi connectivity index (χ4v) is 1.16. The average molecular weight is 232 g/mol. The molecule has 5 heteroatoms. The molecule has 0 aromatic rings. The molecule has 14 heavy (non-hydrogen) atoms. The quantitative estimate of drug-likeness (QED) is 0.634. The van der Waals surface area contributed by atoms with Gasteiger partial charge in [-0.15, -0.1) is 11.6 Å². The maximum absolute atomic E-state index is 11.8. The van der Waals surface area contributed by atoms with Gasteiger partial charge < -0.3 is 4.90 Å². The van der Waals surface area contributed by atoms with E-state index in [1.807, 2.05) is 18.9 Å². The summed E-state index contributed by atoms with van der Waals surface area (Å²) in [6.45, 7) is 3.11. The van der Waals surface area contributed by atoms with Crippen molar-refractivity contribution in [3.63, 3.8) is 0 Å². The Morgan fingerprint density at radius 1 is 1.29 bits per heavy atom. The lowest BCUT2D eigenvalue weighted by Crippen LogP contribution is -2.23. The molecule has 0 spiro atoms. The number of halogens is 4. The first-order valence-corrected chi connectivity index (χ1v) is 5.14. The van der Waals surface area contributed by atoms with E-state index in [2.05, 4.69) is 0 Å². The summed E-state index contributed by atoms with van der Waals surface area (Å²) in [7, 11) is 1.82. The molecule has 0 bridgehead atoms. The molecule has 0 aromatic heterocycles. The van der Waals surface area contributed by atoms with E-state index in [1.54, 1.807) is 0 Å². The van der Waals surface area contributed by atoms with E-state index in [0.29, 0.717) is 6.54 Å². The summed E-state index contributed by atoms with van der Waals surface area (Å²) in [5.41, 5.74) is 0. The molecule has 0 heterocycles. The van der Waals surface area contributed by atoms with Gasteiger partial charge in [0.2, 0.25) is 0 Å². The predicted molar refractivity (Wildman–Crippen MR) is 52.7 cm³/mol. The first kappa shape index (κ1) is 14.0. The third-order valence-corrected chi connectivity index (χ3v) is 2.13. The Balaban J connectivity index is 3.40. The number of nitrogens with zero attached hydrogens (tertiary/aromatic N) is 1. The van der Waals surface area contributed by atoms with E-state index < -0.39 is 12.6 Å². The minimum Gasteiger partial charge on any atom is -0.306 e. The largest absolute Gasteiger partial charge is 0.389 e. The van der Waals surface area contributed by atoms with Gasteiger partial charge >= 0.3 is 6.18 Å². The molecular weight excluding hydrogens is 215 g/mol. The Morgan fingerprint density at radius 3 is 2.29 bits per heavy atom. The SMILES string of the molecule is CC(Cl)CCN(C)CCCC(F)(F)F. The summed E-state index contributed by atoms with van der Waals surface area (Å²) in [5.74, 6) is 0. The molecule has 0 amide bonds. The van der Waals surface area contributed by atoms with Gasteiger partial charge in [0.1, 0.15) is 0 Å². The zero-order chi connectivity index (χ0) is 11.2. The number of hydrogen-bond acceptors (Lipinski definition) is 1. The minimum absolute atomic E-state index is 0.0834. The van der Waals surface area contributed by atoms with Crippen LogP contribution in [0.15, 0.2) is 0 Å². The molecule has 1 unspecified atom stereocenters. The molecular formula is C9H17ClF3N. The van der Waals surface area contributed by atoms with E-state index in [1.165, 1.54) is 0 Å². The van der Waals surface area contributed by atoms with E-state index >= 15 is 0 Å². The molecule has 1 nitrogen and oxygen atoms in total. The zero-order valence-corrected chi connectivity index (χ0v) is 9.33.